The van der Waals surface area contributed by atoms with Crippen LogP contribution in [0.1, 0.15) is 25.8 Å². The van der Waals surface area contributed by atoms with Gasteiger partial charge in [0.05, 0.1) is 23.8 Å². The van der Waals surface area contributed by atoms with Crippen LogP contribution in [0.25, 0.3) is 0 Å². The molecule has 1 fully saturated rings. The Kier molecular flexibility index (Phi) is 4.73. The molecular formula is C14H20ClN3O2. The molecular weight excluding hydrogens is 278 g/mol. The summed E-state index contributed by atoms with van der Waals surface area (Å²) in [6.45, 7) is 5.75. The predicted octanol–water partition coefficient (Wildman–Crippen LogP) is 2.44. The molecule has 0 amide bonds. The summed E-state index contributed by atoms with van der Waals surface area (Å²) in [5.74, 6) is 0.0175. The third kappa shape index (κ3) is 2.99. The molecule has 0 aromatic heterocycles. The van der Waals surface area contributed by atoms with Gasteiger partial charge in [-0.05, 0) is 31.5 Å². The fourth-order valence-corrected chi connectivity index (χ4v) is 2.71. The zero-order valence-electron chi connectivity index (χ0n) is 11.7. The first-order valence-electron chi connectivity index (χ1n) is 6.72. The van der Waals surface area contributed by atoms with Crippen molar-refractivity contribution in [1.82, 2.24) is 0 Å². The fraction of sp³-hybridized carbons (Fsp3) is 0.500. The monoisotopic (exact) mass is 297 g/mol. The normalized spacial score (nSPS) is 23.9. The molecule has 0 spiro atoms. The molecule has 0 radical (unpaired) electrons. The number of ether oxygens (including phenoxy) is 1. The molecule has 2 unspecified atom stereocenters. The minimum Gasteiger partial charge on any atom is -0.409 e. The van der Waals surface area contributed by atoms with Crippen LogP contribution in [0.5, 0.6) is 0 Å². The van der Waals surface area contributed by atoms with Gasteiger partial charge in [-0.25, -0.2) is 0 Å². The Bertz CT molecular complexity index is 507. The third-order valence-electron chi connectivity index (χ3n) is 3.61. The maximum atomic E-state index is 8.72. The SMILES string of the molecule is CCC1COC(C)CN1c1ccc(C(N)=NO)c(Cl)c1. The van der Waals surface area contributed by atoms with Crippen LogP contribution in [0, 0.1) is 0 Å². The number of nitrogens with two attached hydrogens (primary N) is 1. The lowest BCUT2D eigenvalue weighted by molar-refractivity contribution is 0.0299. The van der Waals surface area contributed by atoms with E-state index in [1.54, 1.807) is 6.07 Å². The number of oxime groups is 1. The molecule has 5 nitrogen and oxygen atoms in total. The lowest BCUT2D eigenvalue weighted by Gasteiger charge is -2.40. The minimum atomic E-state index is 0.0175. The van der Waals surface area contributed by atoms with Crippen molar-refractivity contribution in [3.05, 3.63) is 28.8 Å². The number of rotatable bonds is 3. The number of morpholine rings is 1. The molecule has 110 valence electrons. The van der Waals surface area contributed by atoms with Gasteiger partial charge in [0.2, 0.25) is 0 Å². The Hall–Kier alpha value is -1.46. The van der Waals surface area contributed by atoms with Crippen molar-refractivity contribution >= 4 is 23.1 Å². The lowest BCUT2D eigenvalue weighted by Crippen LogP contribution is -2.48. The summed E-state index contributed by atoms with van der Waals surface area (Å²) in [6, 6.07) is 5.92. The summed E-state index contributed by atoms with van der Waals surface area (Å²) in [7, 11) is 0. The molecule has 1 aliphatic rings. The Labute approximate surface area is 124 Å². The van der Waals surface area contributed by atoms with Gasteiger partial charge in [-0.1, -0.05) is 23.7 Å². The molecule has 6 heteroatoms. The van der Waals surface area contributed by atoms with Gasteiger partial charge in [-0.15, -0.1) is 0 Å². The zero-order chi connectivity index (χ0) is 14.7. The maximum Gasteiger partial charge on any atom is 0.171 e. The van der Waals surface area contributed by atoms with E-state index in [9.17, 15) is 0 Å². The number of benzene rings is 1. The molecule has 0 bridgehead atoms. The first-order chi connectivity index (χ1) is 9.56. The van der Waals surface area contributed by atoms with Gasteiger partial charge in [0.25, 0.3) is 0 Å². The van der Waals surface area contributed by atoms with Gasteiger partial charge >= 0.3 is 0 Å². The van der Waals surface area contributed by atoms with Gasteiger partial charge in [0.1, 0.15) is 0 Å². The molecule has 2 atom stereocenters. The predicted molar refractivity (Wildman–Crippen MR) is 80.8 cm³/mol. The number of anilines is 1. The van der Waals surface area contributed by atoms with Gasteiger partial charge < -0.3 is 20.6 Å². The highest BCUT2D eigenvalue weighted by Crippen LogP contribution is 2.28. The summed E-state index contributed by atoms with van der Waals surface area (Å²) in [5.41, 5.74) is 7.15. The highest BCUT2D eigenvalue weighted by molar-refractivity contribution is 6.34. The minimum absolute atomic E-state index is 0.0175. The van der Waals surface area contributed by atoms with Crippen LogP contribution >= 0.6 is 11.6 Å². The number of nitrogens with zero attached hydrogens (tertiary/aromatic N) is 2. The average Bonchev–Trinajstić information content (AvgIpc) is 2.46. The summed E-state index contributed by atoms with van der Waals surface area (Å²) in [4.78, 5) is 2.30. The summed E-state index contributed by atoms with van der Waals surface area (Å²) < 4.78 is 5.70. The molecule has 0 aliphatic carbocycles. The van der Waals surface area contributed by atoms with Crippen LogP contribution in [-0.4, -0.2) is 36.3 Å². The molecule has 1 saturated heterocycles. The van der Waals surface area contributed by atoms with E-state index < -0.39 is 0 Å². The topological polar surface area (TPSA) is 71.1 Å². The van der Waals surface area contributed by atoms with Crippen LogP contribution in [0.15, 0.2) is 23.4 Å². The van der Waals surface area contributed by atoms with Crippen molar-refractivity contribution < 1.29 is 9.94 Å². The number of amidine groups is 1. The third-order valence-corrected chi connectivity index (χ3v) is 3.92. The van der Waals surface area contributed by atoms with Crippen molar-refractivity contribution in [3.8, 4) is 0 Å². The quantitative estimate of drug-likeness (QED) is 0.389. The highest BCUT2D eigenvalue weighted by atomic mass is 35.5. The molecule has 1 heterocycles. The molecule has 3 N–H and O–H groups in total. The Morgan fingerprint density at radius 2 is 2.35 bits per heavy atom. The number of halogens is 1. The van der Waals surface area contributed by atoms with Gasteiger partial charge in [-0.3, -0.25) is 0 Å². The second-order valence-corrected chi connectivity index (χ2v) is 5.41. The van der Waals surface area contributed by atoms with Gasteiger partial charge in [0, 0.05) is 17.8 Å². The van der Waals surface area contributed by atoms with E-state index in [-0.39, 0.29) is 11.9 Å². The molecule has 1 aromatic rings. The molecule has 20 heavy (non-hydrogen) atoms. The average molecular weight is 298 g/mol. The molecule has 1 aromatic carbocycles. The largest absolute Gasteiger partial charge is 0.409 e. The van der Waals surface area contributed by atoms with Crippen molar-refractivity contribution in [3.63, 3.8) is 0 Å². The fourth-order valence-electron chi connectivity index (χ4n) is 2.44. The lowest BCUT2D eigenvalue weighted by atomic mass is 10.1. The Balaban J connectivity index is 2.30. The van der Waals surface area contributed by atoms with Crippen molar-refractivity contribution in [2.45, 2.75) is 32.4 Å². The maximum absolute atomic E-state index is 8.72. The Morgan fingerprint density at radius 3 is 2.95 bits per heavy atom. The Morgan fingerprint density at radius 1 is 1.60 bits per heavy atom. The first-order valence-corrected chi connectivity index (χ1v) is 7.10. The van der Waals surface area contributed by atoms with E-state index in [2.05, 4.69) is 23.9 Å². The van der Waals surface area contributed by atoms with E-state index in [1.165, 1.54) is 0 Å². The van der Waals surface area contributed by atoms with Crippen LogP contribution < -0.4 is 10.6 Å². The van der Waals surface area contributed by atoms with E-state index in [4.69, 9.17) is 27.3 Å². The van der Waals surface area contributed by atoms with Crippen LogP contribution in [-0.2, 0) is 4.74 Å². The second kappa shape index (κ2) is 6.33. The van der Waals surface area contributed by atoms with E-state index in [0.29, 0.717) is 16.6 Å². The smallest absolute Gasteiger partial charge is 0.171 e. The number of hydrogen-bond donors (Lipinski definition) is 2. The van der Waals surface area contributed by atoms with Gasteiger partial charge in [-0.2, -0.15) is 0 Å². The van der Waals surface area contributed by atoms with Crippen molar-refractivity contribution in [2.24, 2.45) is 10.9 Å². The summed E-state index contributed by atoms with van der Waals surface area (Å²) in [5, 5.41) is 12.2. The van der Waals surface area contributed by atoms with E-state index in [1.807, 2.05) is 12.1 Å². The van der Waals surface area contributed by atoms with Crippen LogP contribution in [0.3, 0.4) is 0 Å². The van der Waals surface area contributed by atoms with Crippen LogP contribution in [0.2, 0.25) is 5.02 Å². The highest BCUT2D eigenvalue weighted by Gasteiger charge is 2.26. The molecule has 2 rings (SSSR count). The van der Waals surface area contributed by atoms with Crippen LogP contribution in [0.4, 0.5) is 5.69 Å². The zero-order valence-corrected chi connectivity index (χ0v) is 12.5. The second-order valence-electron chi connectivity index (χ2n) is 5.01. The summed E-state index contributed by atoms with van der Waals surface area (Å²) in [6.07, 6.45) is 1.20. The standard InChI is InChI=1S/C14H20ClN3O2/c1-3-10-8-20-9(2)7-18(10)11-4-5-12(13(15)6-11)14(16)17-19/h4-6,9-10,19H,3,7-8H2,1-2H3,(H2,16,17). The number of hydrogen-bond acceptors (Lipinski definition) is 4. The van der Waals surface area contributed by atoms with Crippen molar-refractivity contribution in [2.75, 3.05) is 18.1 Å². The summed E-state index contributed by atoms with van der Waals surface area (Å²) >= 11 is 6.22. The van der Waals surface area contributed by atoms with Gasteiger partial charge in [0.15, 0.2) is 5.84 Å². The molecule has 0 saturated carbocycles. The van der Waals surface area contributed by atoms with E-state index in [0.717, 1.165) is 25.3 Å². The first kappa shape index (κ1) is 14.9. The molecule has 1 aliphatic heterocycles. The van der Waals surface area contributed by atoms with E-state index >= 15 is 0 Å². The van der Waals surface area contributed by atoms with Crippen molar-refractivity contribution in [1.29, 1.82) is 0 Å².